The van der Waals surface area contributed by atoms with Gasteiger partial charge >= 0.3 is 0 Å². The summed E-state index contributed by atoms with van der Waals surface area (Å²) in [6.07, 6.45) is -0.580. The van der Waals surface area contributed by atoms with Crippen LogP contribution in [0.15, 0.2) is 12.7 Å². The molecule has 0 aromatic carbocycles. The predicted octanol–water partition coefficient (Wildman–Crippen LogP) is 0.393. The third kappa shape index (κ3) is 5.13. The average Bonchev–Trinajstić information content (AvgIpc) is 3.11. The van der Waals surface area contributed by atoms with E-state index in [0.717, 1.165) is 6.92 Å². The van der Waals surface area contributed by atoms with Gasteiger partial charge in [0.15, 0.2) is 23.2 Å². The summed E-state index contributed by atoms with van der Waals surface area (Å²) in [5, 5.41) is 31.1. The first kappa shape index (κ1) is 22.0. The number of hydrogen-bond donors (Lipinski definition) is 4. The van der Waals surface area contributed by atoms with Gasteiger partial charge in [-0.05, 0) is 20.8 Å². The molecule has 11 heteroatoms. The number of carboxylic acid groups (broad SMARTS) is 1. The van der Waals surface area contributed by atoms with Crippen molar-refractivity contribution < 1.29 is 29.6 Å². The minimum atomic E-state index is -1.10. The molecule has 1 aliphatic heterocycles. The van der Waals surface area contributed by atoms with Crippen LogP contribution in [0.4, 0.5) is 5.82 Å². The van der Waals surface area contributed by atoms with Crippen molar-refractivity contribution in [3.63, 3.8) is 0 Å². The minimum Gasteiger partial charge on any atom is -0.481 e. The lowest BCUT2D eigenvalue weighted by molar-refractivity contribution is -0.134. The second-order valence-corrected chi connectivity index (χ2v) is 7.44. The first-order valence-electron chi connectivity index (χ1n) is 8.71. The van der Waals surface area contributed by atoms with Crippen molar-refractivity contribution in [1.29, 1.82) is 0 Å². The van der Waals surface area contributed by atoms with Crippen LogP contribution in [-0.2, 0) is 14.3 Å². The summed E-state index contributed by atoms with van der Waals surface area (Å²) in [7, 11) is 1.51. The Morgan fingerprint density at radius 2 is 1.93 bits per heavy atom. The maximum absolute atomic E-state index is 10.3. The van der Waals surface area contributed by atoms with Crippen LogP contribution in [0.25, 0.3) is 11.2 Å². The van der Waals surface area contributed by atoms with Crippen molar-refractivity contribution in [3.05, 3.63) is 12.7 Å². The molecule has 2 aromatic rings. The number of nitrogens with one attached hydrogen (secondary N) is 1. The highest BCUT2D eigenvalue weighted by Crippen LogP contribution is 2.32. The quantitative estimate of drug-likeness (QED) is 0.570. The Hall–Kier alpha value is -2.34. The van der Waals surface area contributed by atoms with Crippen LogP contribution >= 0.6 is 0 Å². The van der Waals surface area contributed by atoms with E-state index in [2.05, 4.69) is 20.3 Å². The van der Waals surface area contributed by atoms with Crippen molar-refractivity contribution in [1.82, 2.24) is 19.5 Å². The number of hydrogen-bond acceptors (Lipinski definition) is 9. The SMILES string of the molecule is CC(=O)O.COC[C@H]1O[C@@H](n2cnc3c(NC(C)(C)C)ncnc32)[C@H](O)[C@@H]1O. The fourth-order valence-electron chi connectivity index (χ4n) is 2.75. The molecule has 156 valence electrons. The molecule has 11 nitrogen and oxygen atoms in total. The van der Waals surface area contributed by atoms with E-state index < -0.39 is 30.5 Å². The van der Waals surface area contributed by atoms with E-state index in [1.54, 1.807) is 4.57 Å². The first-order valence-corrected chi connectivity index (χ1v) is 8.71. The number of carbonyl (C=O) groups is 1. The first-order chi connectivity index (χ1) is 13.0. The topological polar surface area (TPSA) is 152 Å². The molecule has 4 atom stereocenters. The van der Waals surface area contributed by atoms with E-state index in [1.165, 1.54) is 19.8 Å². The van der Waals surface area contributed by atoms with Gasteiger partial charge in [-0.2, -0.15) is 0 Å². The number of aromatic nitrogens is 4. The molecule has 0 saturated carbocycles. The number of aliphatic hydroxyl groups is 2. The number of anilines is 1. The Labute approximate surface area is 162 Å². The lowest BCUT2D eigenvalue weighted by Gasteiger charge is -2.21. The van der Waals surface area contributed by atoms with Crippen LogP contribution in [0, 0.1) is 0 Å². The predicted molar refractivity (Wildman–Crippen MR) is 99.8 cm³/mol. The lowest BCUT2D eigenvalue weighted by Crippen LogP contribution is -2.33. The molecule has 3 heterocycles. The van der Waals surface area contributed by atoms with E-state index in [1.807, 2.05) is 20.8 Å². The van der Waals surface area contributed by atoms with Gasteiger partial charge in [0, 0.05) is 19.6 Å². The van der Waals surface area contributed by atoms with Gasteiger partial charge < -0.3 is 30.1 Å². The highest BCUT2D eigenvalue weighted by Gasteiger charge is 2.44. The molecule has 0 bridgehead atoms. The standard InChI is InChI=1S/C15H23N5O4.C2H4O2/c1-15(2,3)19-12-9-13(17-6-16-12)20(7-18-9)14-11(22)10(21)8(24-14)5-23-4;1-2(3)4/h6-8,10-11,14,21-22H,5H2,1-4H3,(H,16,17,19);1H3,(H,3,4)/t8-,10-,11-,14-;/m1./s1. The molecule has 1 fully saturated rings. The fourth-order valence-corrected chi connectivity index (χ4v) is 2.75. The zero-order valence-corrected chi connectivity index (χ0v) is 16.5. The Morgan fingerprint density at radius 1 is 1.29 bits per heavy atom. The van der Waals surface area contributed by atoms with Gasteiger partial charge in [-0.3, -0.25) is 9.36 Å². The Bertz CT molecular complexity index is 801. The van der Waals surface area contributed by atoms with Crippen molar-refractivity contribution in [2.45, 2.75) is 57.8 Å². The number of aliphatic hydroxyl groups excluding tert-OH is 2. The second-order valence-electron chi connectivity index (χ2n) is 7.44. The molecular formula is C17H27N5O6. The van der Waals surface area contributed by atoms with Gasteiger partial charge in [0.05, 0.1) is 12.9 Å². The van der Waals surface area contributed by atoms with Crippen LogP contribution in [0.1, 0.15) is 33.9 Å². The highest BCUT2D eigenvalue weighted by molar-refractivity contribution is 5.83. The number of fused-ring (bicyclic) bond motifs is 1. The largest absolute Gasteiger partial charge is 0.481 e. The maximum Gasteiger partial charge on any atom is 0.300 e. The number of carboxylic acids is 1. The van der Waals surface area contributed by atoms with Crippen molar-refractivity contribution in [2.75, 3.05) is 19.0 Å². The summed E-state index contributed by atoms with van der Waals surface area (Å²) in [6, 6.07) is 0. The number of imidazole rings is 1. The molecular weight excluding hydrogens is 370 g/mol. The van der Waals surface area contributed by atoms with Crippen LogP contribution in [-0.4, -0.2) is 78.4 Å². The van der Waals surface area contributed by atoms with Gasteiger partial charge in [0.1, 0.15) is 24.6 Å². The van der Waals surface area contributed by atoms with Gasteiger partial charge in [-0.15, -0.1) is 0 Å². The molecule has 1 aliphatic rings. The summed E-state index contributed by atoms with van der Waals surface area (Å²) in [6.45, 7) is 7.33. The zero-order chi connectivity index (χ0) is 21.1. The smallest absolute Gasteiger partial charge is 0.300 e. The lowest BCUT2D eigenvalue weighted by atomic mass is 10.1. The minimum absolute atomic E-state index is 0.186. The number of nitrogens with zero attached hydrogens (tertiary/aromatic N) is 4. The third-order valence-corrected chi connectivity index (χ3v) is 3.79. The third-order valence-electron chi connectivity index (χ3n) is 3.79. The molecule has 0 spiro atoms. The highest BCUT2D eigenvalue weighted by atomic mass is 16.6. The second kappa shape index (κ2) is 8.78. The van der Waals surface area contributed by atoms with E-state index in [9.17, 15) is 10.2 Å². The van der Waals surface area contributed by atoms with Gasteiger partial charge in [-0.1, -0.05) is 0 Å². The average molecular weight is 397 g/mol. The molecule has 0 aliphatic carbocycles. The van der Waals surface area contributed by atoms with Gasteiger partial charge in [0.2, 0.25) is 0 Å². The van der Waals surface area contributed by atoms with Gasteiger partial charge in [-0.25, -0.2) is 15.0 Å². The fraction of sp³-hybridized carbons (Fsp3) is 0.647. The number of ether oxygens (including phenoxy) is 2. The molecule has 4 N–H and O–H groups in total. The summed E-state index contributed by atoms with van der Waals surface area (Å²) in [5.74, 6) is -0.229. The monoisotopic (exact) mass is 397 g/mol. The van der Waals surface area contributed by atoms with Crippen LogP contribution in [0.2, 0.25) is 0 Å². The van der Waals surface area contributed by atoms with Crippen LogP contribution in [0.5, 0.6) is 0 Å². The van der Waals surface area contributed by atoms with E-state index in [-0.39, 0.29) is 12.1 Å². The maximum atomic E-state index is 10.3. The Morgan fingerprint density at radius 3 is 2.50 bits per heavy atom. The molecule has 0 unspecified atom stereocenters. The van der Waals surface area contributed by atoms with E-state index in [4.69, 9.17) is 19.4 Å². The number of aliphatic carboxylic acids is 1. The van der Waals surface area contributed by atoms with Crippen molar-refractivity contribution in [2.24, 2.45) is 0 Å². The Kier molecular flexibility index (Phi) is 6.88. The van der Waals surface area contributed by atoms with Crippen LogP contribution < -0.4 is 5.32 Å². The molecule has 2 aromatic heterocycles. The molecule has 28 heavy (non-hydrogen) atoms. The summed E-state index contributed by atoms with van der Waals surface area (Å²) in [4.78, 5) is 21.8. The summed E-state index contributed by atoms with van der Waals surface area (Å²) >= 11 is 0. The molecule has 3 rings (SSSR count). The van der Waals surface area contributed by atoms with Crippen molar-refractivity contribution >= 4 is 23.0 Å². The van der Waals surface area contributed by atoms with Gasteiger partial charge in [0.25, 0.3) is 5.97 Å². The summed E-state index contributed by atoms with van der Waals surface area (Å²) in [5.41, 5.74) is 0.910. The Balaban J connectivity index is 0.000000640. The summed E-state index contributed by atoms with van der Waals surface area (Å²) < 4.78 is 12.4. The number of rotatable bonds is 4. The normalized spacial score (nSPS) is 24.7. The zero-order valence-electron chi connectivity index (χ0n) is 16.5. The molecule has 1 saturated heterocycles. The van der Waals surface area contributed by atoms with Crippen LogP contribution in [0.3, 0.4) is 0 Å². The van der Waals surface area contributed by atoms with Crippen molar-refractivity contribution in [3.8, 4) is 0 Å². The molecule has 0 radical (unpaired) electrons. The number of methoxy groups -OCH3 is 1. The van der Waals surface area contributed by atoms with E-state index >= 15 is 0 Å². The van der Waals surface area contributed by atoms with E-state index in [0.29, 0.717) is 17.0 Å². The molecule has 0 amide bonds.